The first kappa shape index (κ1) is 21.2. The van der Waals surface area contributed by atoms with E-state index < -0.39 is 25.2 Å². The molecule has 0 aromatic rings. The van der Waals surface area contributed by atoms with Gasteiger partial charge in [-0.2, -0.15) is 26.3 Å². The molecule has 0 aliphatic carbocycles. The Kier molecular flexibility index (Phi) is 11.5. The van der Waals surface area contributed by atoms with Crippen LogP contribution < -0.4 is 0 Å². The molecular formula is C4H2F10K. The summed E-state index contributed by atoms with van der Waals surface area (Å²) in [7, 11) is 0. The van der Waals surface area contributed by atoms with Crippen LogP contribution in [0.4, 0.5) is 43.9 Å². The van der Waals surface area contributed by atoms with Gasteiger partial charge >= 0.3 is 25.2 Å². The molecule has 0 atom stereocenters. The molecule has 0 N–H and O–H groups in total. The number of hydrogen-bond acceptors (Lipinski definition) is 0. The summed E-state index contributed by atoms with van der Waals surface area (Å²) in [6, 6.07) is 0. The van der Waals surface area contributed by atoms with Gasteiger partial charge in [0.2, 0.25) is 0 Å². The Hall–Kier alpha value is 0.936. The first-order valence-corrected chi connectivity index (χ1v) is 2.58. The molecule has 0 saturated heterocycles. The monoisotopic (exact) mass is 279 g/mol. The van der Waals surface area contributed by atoms with Gasteiger partial charge in [-0.1, -0.05) is 0 Å². The van der Waals surface area contributed by atoms with Crippen LogP contribution in [0.25, 0.3) is 0 Å². The summed E-state index contributed by atoms with van der Waals surface area (Å²) in [5, 5.41) is 0. The van der Waals surface area contributed by atoms with Crippen LogP contribution in [-0.2, 0) is 0 Å². The second kappa shape index (κ2) is 8.09. The van der Waals surface area contributed by atoms with Crippen LogP contribution in [0.1, 0.15) is 0 Å². The van der Waals surface area contributed by atoms with Crippen molar-refractivity contribution in [3.05, 3.63) is 0 Å². The first-order chi connectivity index (χ1) is 5.89. The van der Waals surface area contributed by atoms with Crippen molar-refractivity contribution < 1.29 is 43.9 Å². The Bertz CT molecular complexity index is 126. The molecule has 89 valence electrons. The van der Waals surface area contributed by atoms with E-state index in [0.717, 1.165) is 0 Å². The molecule has 0 aliphatic heterocycles. The molecule has 0 unspecified atom stereocenters. The summed E-state index contributed by atoms with van der Waals surface area (Å²) in [6.07, 6.45) is -19.1. The molecule has 0 amide bonds. The van der Waals surface area contributed by atoms with Gasteiger partial charge < -0.3 is 0 Å². The molecule has 0 heterocycles. The SMILES string of the molecule is FC(F)C(F)(F)F.FC(F)C(F)(F)F.[K]. The Morgan fingerprint density at radius 1 is 0.533 bits per heavy atom. The van der Waals surface area contributed by atoms with Crippen LogP contribution >= 0.6 is 0 Å². The van der Waals surface area contributed by atoms with E-state index in [1.165, 1.54) is 0 Å². The molecule has 0 fully saturated rings. The molecule has 0 spiro atoms. The molecule has 0 aliphatic rings. The molecule has 0 rings (SSSR count). The van der Waals surface area contributed by atoms with Gasteiger partial charge in [-0.3, -0.25) is 0 Å². The zero-order valence-electron chi connectivity index (χ0n) is 6.93. The van der Waals surface area contributed by atoms with Crippen molar-refractivity contribution in [1.82, 2.24) is 0 Å². The average molecular weight is 279 g/mol. The molecule has 0 aromatic carbocycles. The van der Waals surface area contributed by atoms with E-state index in [-0.39, 0.29) is 51.4 Å². The minimum Gasteiger partial charge on any atom is -0.200 e. The summed E-state index contributed by atoms with van der Waals surface area (Å²) in [5.41, 5.74) is 0. The van der Waals surface area contributed by atoms with Crippen molar-refractivity contribution >= 4 is 51.4 Å². The second-order valence-electron chi connectivity index (χ2n) is 1.68. The third-order valence-electron chi connectivity index (χ3n) is 0.495. The summed E-state index contributed by atoms with van der Waals surface area (Å²) in [4.78, 5) is 0. The van der Waals surface area contributed by atoms with Gasteiger partial charge in [0.25, 0.3) is 0 Å². The summed E-state index contributed by atoms with van der Waals surface area (Å²) >= 11 is 0. The van der Waals surface area contributed by atoms with E-state index in [4.69, 9.17) is 0 Å². The Morgan fingerprint density at radius 3 is 0.600 bits per heavy atom. The molecule has 15 heavy (non-hydrogen) atoms. The van der Waals surface area contributed by atoms with E-state index in [1.807, 2.05) is 0 Å². The Morgan fingerprint density at radius 2 is 0.600 bits per heavy atom. The Balaban J connectivity index is -0.000000180. The first-order valence-electron chi connectivity index (χ1n) is 2.58. The van der Waals surface area contributed by atoms with E-state index in [0.29, 0.717) is 0 Å². The quantitative estimate of drug-likeness (QED) is 0.471. The van der Waals surface area contributed by atoms with E-state index in [1.54, 1.807) is 0 Å². The fraction of sp³-hybridized carbons (Fsp3) is 1.00. The summed E-state index contributed by atoms with van der Waals surface area (Å²) < 4.78 is 104. The summed E-state index contributed by atoms with van der Waals surface area (Å²) in [6.45, 7) is 0. The van der Waals surface area contributed by atoms with Gasteiger partial charge in [-0.15, -0.1) is 0 Å². The molecule has 0 aromatic heterocycles. The molecular weight excluding hydrogens is 277 g/mol. The van der Waals surface area contributed by atoms with Crippen molar-refractivity contribution in [3.8, 4) is 0 Å². The number of rotatable bonds is 0. The minimum atomic E-state index is -5.33. The van der Waals surface area contributed by atoms with Crippen molar-refractivity contribution in [1.29, 1.82) is 0 Å². The van der Waals surface area contributed by atoms with Crippen LogP contribution in [0.5, 0.6) is 0 Å². The van der Waals surface area contributed by atoms with Crippen LogP contribution in [0.15, 0.2) is 0 Å². The van der Waals surface area contributed by atoms with Crippen molar-refractivity contribution in [2.24, 2.45) is 0 Å². The maximum atomic E-state index is 10.4. The predicted molar refractivity (Wildman–Crippen MR) is 29.9 cm³/mol. The molecule has 0 nitrogen and oxygen atoms in total. The number of alkyl halides is 10. The van der Waals surface area contributed by atoms with E-state index in [9.17, 15) is 43.9 Å². The van der Waals surface area contributed by atoms with E-state index in [2.05, 4.69) is 0 Å². The van der Waals surface area contributed by atoms with Crippen molar-refractivity contribution in [2.75, 3.05) is 0 Å². The number of hydrogen-bond donors (Lipinski definition) is 0. The topological polar surface area (TPSA) is 0 Å². The fourth-order valence-electron chi connectivity index (χ4n) is 0. The maximum absolute atomic E-state index is 10.4. The third kappa shape index (κ3) is 14.9. The Labute approximate surface area is 119 Å². The van der Waals surface area contributed by atoms with Gasteiger partial charge in [-0.25, -0.2) is 17.6 Å². The zero-order chi connectivity index (χ0) is 12.2. The van der Waals surface area contributed by atoms with Crippen LogP contribution in [0.2, 0.25) is 0 Å². The number of halogens is 10. The van der Waals surface area contributed by atoms with Gasteiger partial charge in [0.1, 0.15) is 0 Å². The van der Waals surface area contributed by atoms with Crippen molar-refractivity contribution in [3.63, 3.8) is 0 Å². The van der Waals surface area contributed by atoms with Crippen LogP contribution in [0.3, 0.4) is 0 Å². The van der Waals surface area contributed by atoms with E-state index >= 15 is 0 Å². The van der Waals surface area contributed by atoms with Crippen molar-refractivity contribution in [2.45, 2.75) is 25.2 Å². The average Bonchev–Trinajstić information content (AvgIpc) is 1.83. The largest absolute Gasteiger partial charge is 0.450 e. The molecule has 11 heteroatoms. The van der Waals surface area contributed by atoms with Gasteiger partial charge in [0, 0.05) is 51.4 Å². The third-order valence-corrected chi connectivity index (χ3v) is 0.495. The minimum absolute atomic E-state index is 0. The molecule has 0 bridgehead atoms. The normalized spacial score (nSPS) is 12.0. The smallest absolute Gasteiger partial charge is 0.200 e. The summed E-state index contributed by atoms with van der Waals surface area (Å²) in [5.74, 6) is 0. The molecule has 0 saturated carbocycles. The van der Waals surface area contributed by atoms with Gasteiger partial charge in [-0.05, 0) is 0 Å². The maximum Gasteiger partial charge on any atom is 0.450 e. The standard InChI is InChI=1S/2C2HF5.K/c2*3-1(4)2(5,6)7;/h2*1H;. The second-order valence-corrected chi connectivity index (χ2v) is 1.68. The van der Waals surface area contributed by atoms with Crippen LogP contribution in [-0.4, -0.2) is 76.6 Å². The van der Waals surface area contributed by atoms with Crippen LogP contribution in [0, 0.1) is 0 Å². The molecule has 1 radical (unpaired) electrons. The zero-order valence-corrected chi connectivity index (χ0v) is 10.1. The van der Waals surface area contributed by atoms with Gasteiger partial charge in [0.15, 0.2) is 0 Å². The fourth-order valence-corrected chi connectivity index (χ4v) is 0. The van der Waals surface area contributed by atoms with Gasteiger partial charge in [0.05, 0.1) is 0 Å². The predicted octanol–water partition coefficient (Wildman–Crippen LogP) is 3.25.